The van der Waals surface area contributed by atoms with Gasteiger partial charge in [-0.25, -0.2) is 5.43 Å². The predicted molar refractivity (Wildman–Crippen MR) is 104 cm³/mol. The third kappa shape index (κ3) is 3.33. The van der Waals surface area contributed by atoms with Gasteiger partial charge < -0.3 is 10.7 Å². The molecular weight excluding hydrogens is 350 g/mol. The third-order valence-corrected chi connectivity index (χ3v) is 5.82. The van der Waals surface area contributed by atoms with E-state index in [1.807, 2.05) is 25.1 Å². The first kappa shape index (κ1) is 17.1. The first-order chi connectivity index (χ1) is 12.6. The molecule has 2 aliphatic heterocycles. The maximum absolute atomic E-state index is 12.3. The molecule has 0 bridgehead atoms. The van der Waals surface area contributed by atoms with E-state index in [4.69, 9.17) is 0 Å². The highest BCUT2D eigenvalue weighted by Gasteiger charge is 2.29. The minimum atomic E-state index is -0.193. The summed E-state index contributed by atoms with van der Waals surface area (Å²) >= 11 is 1.20. The number of hydrogen-bond acceptors (Lipinski definition) is 6. The summed E-state index contributed by atoms with van der Waals surface area (Å²) in [6, 6.07) is 6.03. The monoisotopic (exact) mass is 371 g/mol. The van der Waals surface area contributed by atoms with Gasteiger partial charge >= 0.3 is 0 Å². The molecule has 4 rings (SSSR count). The van der Waals surface area contributed by atoms with E-state index >= 15 is 0 Å². The number of carbonyl (C=O) groups excluding carboxylic acids is 2. The van der Waals surface area contributed by atoms with Crippen LogP contribution in [0.15, 0.2) is 28.4 Å². The number of anilines is 1. The summed E-state index contributed by atoms with van der Waals surface area (Å²) in [7, 11) is 0. The Morgan fingerprint density at radius 1 is 1.23 bits per heavy atom. The van der Waals surface area contributed by atoms with Crippen LogP contribution in [0.25, 0.3) is 0 Å². The molecule has 0 saturated heterocycles. The molecule has 0 aromatic heterocycles. The Kier molecular flexibility index (Phi) is 4.67. The van der Waals surface area contributed by atoms with Crippen LogP contribution in [0.4, 0.5) is 10.5 Å². The minimum absolute atomic E-state index is 0.0485. The zero-order valence-corrected chi connectivity index (χ0v) is 15.4. The van der Waals surface area contributed by atoms with Crippen molar-refractivity contribution in [1.82, 2.24) is 10.9 Å². The lowest BCUT2D eigenvalue weighted by Gasteiger charge is -2.21. The second-order valence-electron chi connectivity index (χ2n) is 6.80. The van der Waals surface area contributed by atoms with Crippen molar-refractivity contribution in [2.24, 2.45) is 10.2 Å². The van der Waals surface area contributed by atoms with Crippen molar-refractivity contribution < 1.29 is 9.59 Å². The molecule has 3 aliphatic rings. The average molecular weight is 371 g/mol. The van der Waals surface area contributed by atoms with E-state index < -0.39 is 0 Å². The highest BCUT2D eigenvalue weighted by molar-refractivity contribution is 8.14. The molecule has 7 nitrogen and oxygen atoms in total. The fraction of sp³-hybridized carbons (Fsp3) is 0.444. The van der Waals surface area contributed by atoms with E-state index in [-0.39, 0.29) is 16.4 Å². The quantitative estimate of drug-likeness (QED) is 0.712. The zero-order valence-electron chi connectivity index (χ0n) is 14.5. The van der Waals surface area contributed by atoms with Gasteiger partial charge in [0, 0.05) is 11.6 Å². The molecule has 1 atom stereocenters. The Hall–Kier alpha value is -2.35. The molecule has 2 heterocycles. The SMILES string of the molecule is CC1SC(=O)NN=C1c1ccc2c(c1)/C(=N/NC1CCCCC1)C(=O)N2. The normalized spacial score (nSPS) is 24.7. The van der Waals surface area contributed by atoms with Gasteiger partial charge in [0.25, 0.3) is 11.1 Å². The number of carbonyl (C=O) groups is 2. The standard InChI is InChI=1S/C18H21N5O2S/c1-10-15(21-23-18(25)26-10)11-7-8-14-13(9-11)16(17(24)19-14)22-20-12-5-3-2-4-6-12/h7-10,12,20H,2-6H2,1H3,(H,23,25)(H,19,22,24). The molecule has 136 valence electrons. The number of hydrazone groups is 2. The van der Waals surface area contributed by atoms with Crippen molar-refractivity contribution in [1.29, 1.82) is 0 Å². The van der Waals surface area contributed by atoms with Crippen LogP contribution in [0.2, 0.25) is 0 Å². The second-order valence-corrected chi connectivity index (χ2v) is 8.11. The Morgan fingerprint density at radius 2 is 2.04 bits per heavy atom. The fourth-order valence-electron chi connectivity index (χ4n) is 3.55. The summed E-state index contributed by atoms with van der Waals surface area (Å²) in [5, 5.41) is 11.3. The van der Waals surface area contributed by atoms with Gasteiger partial charge in [0.05, 0.1) is 16.6 Å². The summed E-state index contributed by atoms with van der Waals surface area (Å²) in [6.07, 6.45) is 5.87. The largest absolute Gasteiger partial charge is 0.320 e. The Morgan fingerprint density at radius 3 is 2.81 bits per heavy atom. The predicted octanol–water partition coefficient (Wildman–Crippen LogP) is 2.81. The van der Waals surface area contributed by atoms with E-state index in [0.717, 1.165) is 35.4 Å². The molecule has 2 amide bonds. The van der Waals surface area contributed by atoms with Crippen LogP contribution in [0.1, 0.15) is 50.2 Å². The number of amides is 2. The Labute approximate surface area is 156 Å². The zero-order chi connectivity index (χ0) is 18.1. The lowest BCUT2D eigenvalue weighted by Crippen LogP contribution is -2.30. The molecule has 8 heteroatoms. The van der Waals surface area contributed by atoms with E-state index in [1.165, 1.54) is 31.0 Å². The summed E-state index contributed by atoms with van der Waals surface area (Å²) in [5.41, 5.74) is 9.29. The van der Waals surface area contributed by atoms with E-state index in [9.17, 15) is 9.59 Å². The van der Waals surface area contributed by atoms with Crippen molar-refractivity contribution in [3.05, 3.63) is 29.3 Å². The van der Waals surface area contributed by atoms with Gasteiger partial charge in [0.15, 0.2) is 5.71 Å². The van der Waals surface area contributed by atoms with Gasteiger partial charge in [-0.1, -0.05) is 37.1 Å². The highest BCUT2D eigenvalue weighted by atomic mass is 32.2. The fourth-order valence-corrected chi connectivity index (χ4v) is 4.27. The van der Waals surface area contributed by atoms with Crippen LogP contribution < -0.4 is 16.2 Å². The second kappa shape index (κ2) is 7.11. The van der Waals surface area contributed by atoms with Gasteiger partial charge in [-0.15, -0.1) is 0 Å². The van der Waals surface area contributed by atoms with Gasteiger partial charge in [0.2, 0.25) is 0 Å². The van der Waals surface area contributed by atoms with E-state index in [1.54, 1.807) is 0 Å². The summed E-state index contributed by atoms with van der Waals surface area (Å²) in [5.74, 6) is -0.193. The first-order valence-corrected chi connectivity index (χ1v) is 9.83. The van der Waals surface area contributed by atoms with Gasteiger partial charge in [-0.3, -0.25) is 9.59 Å². The molecule has 1 fully saturated rings. The average Bonchev–Trinajstić information content (AvgIpc) is 2.95. The van der Waals surface area contributed by atoms with Gasteiger partial charge in [-0.05, 0) is 37.5 Å². The molecular formula is C18H21N5O2S. The molecule has 1 unspecified atom stereocenters. The number of nitrogens with zero attached hydrogens (tertiary/aromatic N) is 2. The van der Waals surface area contributed by atoms with Gasteiger partial charge in [0.1, 0.15) is 0 Å². The van der Waals surface area contributed by atoms with Crippen LogP contribution in [-0.4, -0.2) is 33.9 Å². The van der Waals surface area contributed by atoms with Crippen molar-refractivity contribution >= 4 is 40.0 Å². The van der Waals surface area contributed by atoms with E-state index in [2.05, 4.69) is 26.4 Å². The number of hydrogen-bond donors (Lipinski definition) is 3. The molecule has 1 saturated carbocycles. The lowest BCUT2D eigenvalue weighted by molar-refractivity contribution is -0.110. The van der Waals surface area contributed by atoms with Crippen LogP contribution >= 0.6 is 11.8 Å². The summed E-state index contributed by atoms with van der Waals surface area (Å²) in [4.78, 5) is 23.8. The number of nitrogens with one attached hydrogen (secondary N) is 3. The van der Waals surface area contributed by atoms with Crippen molar-refractivity contribution in [2.45, 2.75) is 50.3 Å². The number of rotatable bonds is 3. The van der Waals surface area contributed by atoms with E-state index in [0.29, 0.717) is 11.8 Å². The summed E-state index contributed by atoms with van der Waals surface area (Å²) < 4.78 is 0. The smallest absolute Gasteiger partial charge is 0.299 e. The molecule has 26 heavy (non-hydrogen) atoms. The maximum atomic E-state index is 12.3. The Balaban J connectivity index is 1.61. The maximum Gasteiger partial charge on any atom is 0.299 e. The van der Waals surface area contributed by atoms with Crippen molar-refractivity contribution in [2.75, 3.05) is 5.32 Å². The van der Waals surface area contributed by atoms with Gasteiger partial charge in [-0.2, -0.15) is 10.2 Å². The third-order valence-electron chi connectivity index (χ3n) is 4.93. The molecule has 0 spiro atoms. The summed E-state index contributed by atoms with van der Waals surface area (Å²) in [6.45, 7) is 1.94. The molecule has 1 aromatic carbocycles. The van der Waals surface area contributed by atoms with Crippen LogP contribution in [0.5, 0.6) is 0 Å². The first-order valence-electron chi connectivity index (χ1n) is 8.95. The Bertz CT molecular complexity index is 814. The highest BCUT2D eigenvalue weighted by Crippen LogP contribution is 2.28. The number of fused-ring (bicyclic) bond motifs is 1. The van der Waals surface area contributed by atoms with Crippen LogP contribution in [-0.2, 0) is 4.79 Å². The van der Waals surface area contributed by atoms with Crippen LogP contribution in [0.3, 0.4) is 0 Å². The number of benzene rings is 1. The topological polar surface area (TPSA) is 94.9 Å². The number of thioether (sulfide) groups is 1. The van der Waals surface area contributed by atoms with Crippen molar-refractivity contribution in [3.8, 4) is 0 Å². The lowest BCUT2D eigenvalue weighted by atomic mass is 9.96. The molecule has 1 aromatic rings. The van der Waals surface area contributed by atoms with Crippen molar-refractivity contribution in [3.63, 3.8) is 0 Å². The molecule has 0 radical (unpaired) electrons. The molecule has 1 aliphatic carbocycles. The molecule has 3 N–H and O–H groups in total. The van der Waals surface area contributed by atoms with Crippen LogP contribution in [0, 0.1) is 0 Å². The minimum Gasteiger partial charge on any atom is -0.320 e.